The van der Waals surface area contributed by atoms with Gasteiger partial charge in [-0.3, -0.25) is 19.3 Å². The SMILES string of the molecule is CON=CC(=O)NC1(c2csc(N)n2)S[C@@H]2CC(=O)N2C(C(=O)O)=C1COC(C)=O. The van der Waals surface area contributed by atoms with E-state index in [-0.39, 0.29) is 28.5 Å². The fourth-order valence-electron chi connectivity index (χ4n) is 3.05. The molecule has 1 unspecified atom stereocenters. The first-order valence-corrected chi connectivity index (χ1v) is 10.2. The Balaban J connectivity index is 2.22. The van der Waals surface area contributed by atoms with Crippen LogP contribution in [-0.2, 0) is 33.6 Å². The maximum atomic E-state index is 12.5. The molecule has 0 radical (unpaired) electrons. The average molecular weight is 455 g/mol. The van der Waals surface area contributed by atoms with Gasteiger partial charge in [-0.15, -0.1) is 11.3 Å². The number of aromatic nitrogens is 1. The maximum Gasteiger partial charge on any atom is 0.352 e. The van der Waals surface area contributed by atoms with Gasteiger partial charge in [0.2, 0.25) is 5.91 Å². The number of ether oxygens (including phenoxy) is 1. The second-order valence-electron chi connectivity index (χ2n) is 6.11. The van der Waals surface area contributed by atoms with Crippen molar-refractivity contribution in [3.8, 4) is 0 Å². The van der Waals surface area contributed by atoms with E-state index in [1.165, 1.54) is 7.11 Å². The molecule has 30 heavy (non-hydrogen) atoms. The minimum Gasteiger partial charge on any atom is -0.477 e. The first-order valence-electron chi connectivity index (χ1n) is 8.40. The van der Waals surface area contributed by atoms with E-state index in [2.05, 4.69) is 20.3 Å². The van der Waals surface area contributed by atoms with Crippen LogP contribution >= 0.6 is 23.1 Å². The molecular formula is C16H17N5O7S2. The molecule has 3 rings (SSSR count). The predicted octanol–water partition coefficient (Wildman–Crippen LogP) is -0.167. The standard InChI is InChI=1S/C16H17N5O7S2/c1-7(22)28-5-8-13(14(25)26)21-11(24)3-12(21)30-16(8,9-6-29-15(17)19-9)20-10(23)4-18-27-2/h4,6,12H,3,5H2,1-2H3,(H2,17,19)(H,20,23)(H,25,26)/t12-,16?/m1/s1. The van der Waals surface area contributed by atoms with Gasteiger partial charge in [0, 0.05) is 17.9 Å². The summed E-state index contributed by atoms with van der Waals surface area (Å²) >= 11 is 2.17. The summed E-state index contributed by atoms with van der Waals surface area (Å²) in [5.74, 6) is -3.21. The van der Waals surface area contributed by atoms with Crippen molar-refractivity contribution in [1.29, 1.82) is 0 Å². The Morgan fingerprint density at radius 1 is 1.53 bits per heavy atom. The molecule has 0 aromatic carbocycles. The number of hydrogen-bond donors (Lipinski definition) is 3. The molecule has 0 saturated carbocycles. The summed E-state index contributed by atoms with van der Waals surface area (Å²) in [6.07, 6.45) is 0.923. The summed E-state index contributed by atoms with van der Waals surface area (Å²) in [5.41, 5.74) is 5.58. The predicted molar refractivity (Wildman–Crippen MR) is 106 cm³/mol. The number of anilines is 1. The normalized spacial score (nSPS) is 23.1. The zero-order valence-corrected chi connectivity index (χ0v) is 17.4. The number of carbonyl (C=O) groups excluding carboxylic acids is 3. The van der Waals surface area contributed by atoms with Crippen LogP contribution in [0.5, 0.6) is 0 Å². The summed E-state index contributed by atoms with van der Waals surface area (Å²) in [6, 6.07) is 0. The molecule has 1 aromatic heterocycles. The van der Waals surface area contributed by atoms with Crippen LogP contribution in [0.25, 0.3) is 0 Å². The molecule has 2 aliphatic rings. The van der Waals surface area contributed by atoms with Crippen molar-refractivity contribution in [2.45, 2.75) is 23.6 Å². The van der Waals surface area contributed by atoms with Crippen molar-refractivity contribution in [3.05, 3.63) is 22.3 Å². The number of hydrogen-bond acceptors (Lipinski definition) is 11. The third kappa shape index (κ3) is 3.82. The molecule has 0 spiro atoms. The number of fused-ring (bicyclic) bond motifs is 1. The Morgan fingerprint density at radius 3 is 2.80 bits per heavy atom. The van der Waals surface area contributed by atoms with Crippen LogP contribution < -0.4 is 11.1 Å². The molecule has 3 heterocycles. The van der Waals surface area contributed by atoms with Crippen LogP contribution in [0.15, 0.2) is 21.8 Å². The first-order chi connectivity index (χ1) is 14.2. The lowest BCUT2D eigenvalue weighted by atomic mass is 9.97. The van der Waals surface area contributed by atoms with Gasteiger partial charge in [-0.05, 0) is 0 Å². The van der Waals surface area contributed by atoms with E-state index < -0.39 is 40.6 Å². The van der Waals surface area contributed by atoms with Crippen LogP contribution in [0.1, 0.15) is 19.0 Å². The van der Waals surface area contributed by atoms with Gasteiger partial charge in [-0.25, -0.2) is 9.78 Å². The molecule has 0 aliphatic carbocycles. The van der Waals surface area contributed by atoms with E-state index in [4.69, 9.17) is 10.5 Å². The number of amides is 2. The zero-order valence-electron chi connectivity index (χ0n) is 15.8. The van der Waals surface area contributed by atoms with Gasteiger partial charge in [-0.2, -0.15) is 0 Å². The number of thioether (sulfide) groups is 1. The summed E-state index contributed by atoms with van der Waals surface area (Å²) < 4.78 is 5.07. The maximum absolute atomic E-state index is 12.5. The van der Waals surface area contributed by atoms with Crippen molar-refractivity contribution >= 4 is 58.2 Å². The van der Waals surface area contributed by atoms with E-state index >= 15 is 0 Å². The van der Waals surface area contributed by atoms with Crippen molar-refractivity contribution in [1.82, 2.24) is 15.2 Å². The number of rotatable bonds is 7. The number of nitrogen functional groups attached to an aromatic ring is 1. The van der Waals surface area contributed by atoms with Gasteiger partial charge in [-0.1, -0.05) is 16.9 Å². The van der Waals surface area contributed by atoms with Crippen molar-refractivity contribution in [3.63, 3.8) is 0 Å². The van der Waals surface area contributed by atoms with Crippen LogP contribution in [-0.4, -0.2) is 64.0 Å². The number of β-lactam (4-membered cyclic amide) rings is 1. The van der Waals surface area contributed by atoms with Gasteiger partial charge >= 0.3 is 11.9 Å². The highest BCUT2D eigenvalue weighted by Crippen LogP contribution is 2.54. The zero-order chi connectivity index (χ0) is 22.1. The molecule has 1 aromatic rings. The lowest BCUT2D eigenvalue weighted by molar-refractivity contribution is -0.146. The van der Waals surface area contributed by atoms with Crippen LogP contribution in [0.4, 0.5) is 5.13 Å². The Hall–Kier alpha value is -3.13. The summed E-state index contributed by atoms with van der Waals surface area (Å²) in [4.78, 5) is 56.5. The molecule has 1 fully saturated rings. The third-order valence-electron chi connectivity index (χ3n) is 4.25. The number of carbonyl (C=O) groups is 4. The molecule has 160 valence electrons. The summed E-state index contributed by atoms with van der Waals surface area (Å²) in [6.45, 7) is 0.653. The molecule has 14 heteroatoms. The second-order valence-corrected chi connectivity index (χ2v) is 8.39. The number of carboxylic acids is 1. The molecular weight excluding hydrogens is 438 g/mol. The smallest absolute Gasteiger partial charge is 0.352 e. The highest BCUT2D eigenvalue weighted by atomic mass is 32.2. The molecule has 2 amide bonds. The average Bonchev–Trinajstić information content (AvgIpc) is 3.10. The molecule has 2 aliphatic heterocycles. The highest BCUT2D eigenvalue weighted by Gasteiger charge is 2.57. The molecule has 0 bridgehead atoms. The van der Waals surface area contributed by atoms with E-state index in [1.54, 1.807) is 5.38 Å². The van der Waals surface area contributed by atoms with E-state index in [0.29, 0.717) is 0 Å². The van der Waals surface area contributed by atoms with Gasteiger partial charge in [0.25, 0.3) is 5.91 Å². The Labute approximate surface area is 178 Å². The lowest BCUT2D eigenvalue weighted by Crippen LogP contribution is -2.61. The number of esters is 1. The number of nitrogens with two attached hydrogens (primary N) is 1. The van der Waals surface area contributed by atoms with Crippen molar-refractivity contribution in [2.24, 2.45) is 5.16 Å². The highest BCUT2D eigenvalue weighted by molar-refractivity contribution is 8.01. The van der Waals surface area contributed by atoms with Gasteiger partial charge in [0.15, 0.2) is 10.0 Å². The number of carboxylic acid groups (broad SMARTS) is 1. The molecule has 12 nitrogen and oxygen atoms in total. The Bertz CT molecular complexity index is 975. The minimum atomic E-state index is -1.57. The topological polar surface area (TPSA) is 174 Å². The Morgan fingerprint density at radius 2 is 2.27 bits per heavy atom. The second kappa shape index (κ2) is 8.31. The van der Waals surface area contributed by atoms with Crippen LogP contribution in [0, 0.1) is 0 Å². The molecule has 4 N–H and O–H groups in total. The first kappa shape index (κ1) is 21.6. The van der Waals surface area contributed by atoms with E-state index in [1.807, 2.05) is 0 Å². The number of nitrogens with zero attached hydrogens (tertiary/aromatic N) is 3. The van der Waals surface area contributed by atoms with E-state index in [9.17, 15) is 24.3 Å². The third-order valence-corrected chi connectivity index (χ3v) is 6.48. The van der Waals surface area contributed by atoms with Crippen molar-refractivity contribution < 1.29 is 33.9 Å². The van der Waals surface area contributed by atoms with Crippen molar-refractivity contribution in [2.75, 3.05) is 19.5 Å². The fourth-order valence-corrected chi connectivity index (χ4v) is 5.39. The lowest BCUT2D eigenvalue weighted by Gasteiger charge is -2.51. The fraction of sp³-hybridized carbons (Fsp3) is 0.375. The number of oxime groups is 1. The monoisotopic (exact) mass is 455 g/mol. The van der Waals surface area contributed by atoms with Gasteiger partial charge in [0.05, 0.1) is 17.5 Å². The number of nitrogens with one attached hydrogen (secondary N) is 1. The van der Waals surface area contributed by atoms with Gasteiger partial charge < -0.3 is 25.7 Å². The van der Waals surface area contributed by atoms with E-state index in [0.717, 1.165) is 41.1 Å². The number of aliphatic carboxylic acids is 1. The quantitative estimate of drug-likeness (QED) is 0.217. The summed E-state index contributed by atoms with van der Waals surface area (Å²) in [7, 11) is 1.25. The summed E-state index contributed by atoms with van der Waals surface area (Å²) in [5, 5.41) is 17.1. The molecule has 2 atom stereocenters. The number of thiazole rings is 1. The van der Waals surface area contributed by atoms with Crippen LogP contribution in [0.2, 0.25) is 0 Å². The largest absolute Gasteiger partial charge is 0.477 e. The molecule has 1 saturated heterocycles. The van der Waals surface area contributed by atoms with Crippen LogP contribution in [0.3, 0.4) is 0 Å². The van der Waals surface area contributed by atoms with Gasteiger partial charge in [0.1, 0.15) is 25.6 Å². The minimum absolute atomic E-state index is 0.0380. The Kier molecular flexibility index (Phi) is 5.98.